The van der Waals surface area contributed by atoms with Gasteiger partial charge in [-0.15, -0.1) is 0 Å². The van der Waals surface area contributed by atoms with Gasteiger partial charge in [0.1, 0.15) is 11.4 Å². The molecule has 2 aliphatic rings. The van der Waals surface area contributed by atoms with Gasteiger partial charge in [-0.05, 0) is 85.4 Å². The number of hydrogen-bond acceptors (Lipinski definition) is 6. The third-order valence-corrected chi connectivity index (χ3v) is 6.80. The Kier molecular flexibility index (Phi) is 8.47. The Bertz CT molecular complexity index is 1030. The smallest absolute Gasteiger partial charge is 0.410 e. The third kappa shape index (κ3) is 6.20. The zero-order valence-corrected chi connectivity index (χ0v) is 23.7. The van der Waals surface area contributed by atoms with Crippen molar-refractivity contribution >= 4 is 23.6 Å². The van der Waals surface area contributed by atoms with Crippen molar-refractivity contribution in [2.24, 2.45) is 5.73 Å². The van der Waals surface area contributed by atoms with Crippen LogP contribution in [0.5, 0.6) is 5.75 Å². The molecular formula is C28H44N4O5. The van der Waals surface area contributed by atoms with Crippen molar-refractivity contribution in [3.63, 3.8) is 0 Å². The summed E-state index contributed by atoms with van der Waals surface area (Å²) in [5.41, 5.74) is 6.19. The number of benzene rings is 1. The Morgan fingerprint density at radius 1 is 1.27 bits per heavy atom. The fourth-order valence-electron chi connectivity index (χ4n) is 5.13. The van der Waals surface area contributed by atoms with Crippen molar-refractivity contribution in [1.29, 1.82) is 0 Å². The molecule has 2 N–H and O–H groups in total. The summed E-state index contributed by atoms with van der Waals surface area (Å²) in [6, 6.07) is 3.43. The lowest BCUT2D eigenvalue weighted by Crippen LogP contribution is -2.55. The molecule has 0 saturated carbocycles. The fourth-order valence-corrected chi connectivity index (χ4v) is 5.13. The second-order valence-electron chi connectivity index (χ2n) is 11.7. The van der Waals surface area contributed by atoms with Gasteiger partial charge in [0.2, 0.25) is 0 Å². The average molecular weight is 517 g/mol. The number of nitrogens with zero attached hydrogens (tertiary/aromatic N) is 3. The second kappa shape index (κ2) is 10.9. The molecule has 2 heterocycles. The van der Waals surface area contributed by atoms with E-state index in [1.54, 1.807) is 29.7 Å². The van der Waals surface area contributed by atoms with Gasteiger partial charge < -0.3 is 29.9 Å². The molecule has 0 bridgehead atoms. The van der Waals surface area contributed by atoms with Gasteiger partial charge in [-0.2, -0.15) is 0 Å². The summed E-state index contributed by atoms with van der Waals surface area (Å²) in [7, 11) is 0. The maximum Gasteiger partial charge on any atom is 0.410 e. The summed E-state index contributed by atoms with van der Waals surface area (Å²) in [5, 5.41) is 0. The number of hydrogen-bond donors (Lipinski definition) is 1. The van der Waals surface area contributed by atoms with Crippen LogP contribution < -0.4 is 15.4 Å². The van der Waals surface area contributed by atoms with E-state index in [1.165, 1.54) is 0 Å². The molecule has 1 saturated heterocycles. The van der Waals surface area contributed by atoms with E-state index in [2.05, 4.69) is 0 Å². The summed E-state index contributed by atoms with van der Waals surface area (Å²) < 4.78 is 11.7. The highest BCUT2D eigenvalue weighted by Crippen LogP contribution is 2.40. The van der Waals surface area contributed by atoms with E-state index in [0.717, 1.165) is 18.4 Å². The summed E-state index contributed by atoms with van der Waals surface area (Å²) in [5.74, 6) is 0.279. The quantitative estimate of drug-likeness (QED) is 0.614. The van der Waals surface area contributed by atoms with Crippen molar-refractivity contribution < 1.29 is 23.9 Å². The van der Waals surface area contributed by atoms with Crippen LogP contribution in [0.3, 0.4) is 0 Å². The van der Waals surface area contributed by atoms with Crippen LogP contribution in [0.15, 0.2) is 12.1 Å². The molecule has 0 aliphatic carbocycles. The van der Waals surface area contributed by atoms with Gasteiger partial charge in [-0.3, -0.25) is 9.59 Å². The first kappa shape index (κ1) is 28.8. The zero-order valence-electron chi connectivity index (χ0n) is 23.7. The predicted octanol–water partition coefficient (Wildman–Crippen LogP) is 3.96. The first-order valence-electron chi connectivity index (χ1n) is 13.4. The third-order valence-electron chi connectivity index (χ3n) is 6.80. The molecule has 37 heavy (non-hydrogen) atoms. The van der Waals surface area contributed by atoms with Crippen molar-refractivity contribution in [1.82, 2.24) is 9.80 Å². The number of ether oxygens (including phenoxy) is 2. The van der Waals surface area contributed by atoms with Crippen molar-refractivity contribution in [3.05, 3.63) is 23.3 Å². The lowest BCUT2D eigenvalue weighted by Gasteiger charge is -2.42. The number of amides is 3. The topological polar surface area (TPSA) is 105 Å². The zero-order chi connectivity index (χ0) is 27.7. The molecule has 9 nitrogen and oxygen atoms in total. The van der Waals surface area contributed by atoms with Crippen LogP contribution in [0.25, 0.3) is 0 Å². The van der Waals surface area contributed by atoms with Gasteiger partial charge in [0, 0.05) is 37.8 Å². The largest absolute Gasteiger partial charge is 0.476 e. The molecular weight excluding hydrogens is 472 g/mol. The van der Waals surface area contributed by atoms with E-state index in [0.29, 0.717) is 49.6 Å². The molecule has 206 valence electrons. The monoisotopic (exact) mass is 516 g/mol. The SMILES string of the molecule is CCc1cc2c(cc1C(=O)N(C(C)C)[C@@H]1CCCN(C(=O)OC(C)(C)C)C1)N(CCN)C(=O)C(C)(C)O2. The number of anilines is 1. The molecule has 3 rings (SSSR count). The summed E-state index contributed by atoms with van der Waals surface area (Å²) in [6.07, 6.45) is 1.86. The van der Waals surface area contributed by atoms with E-state index in [9.17, 15) is 14.4 Å². The average Bonchev–Trinajstić information content (AvgIpc) is 2.80. The standard InChI is InChI=1S/C28H44N4O5/c1-9-19-15-23-22(31(14-12-29)25(34)28(7,8)36-23)16-21(19)24(33)32(18(2)3)20-11-10-13-30(17-20)26(35)37-27(4,5)6/h15-16,18,20H,9-14,17,29H2,1-8H3/t20-/m1/s1. The van der Waals surface area contributed by atoms with Gasteiger partial charge in [0.05, 0.1) is 11.7 Å². The number of nitrogens with two attached hydrogens (primary N) is 1. The highest BCUT2D eigenvalue weighted by Gasteiger charge is 2.42. The Hall–Kier alpha value is -2.81. The number of carbonyl (C=O) groups is 3. The first-order valence-corrected chi connectivity index (χ1v) is 13.4. The second-order valence-corrected chi connectivity index (χ2v) is 11.7. The summed E-state index contributed by atoms with van der Waals surface area (Å²) >= 11 is 0. The Labute approximate surface area is 221 Å². The number of rotatable bonds is 6. The number of carbonyl (C=O) groups excluding carboxylic acids is 3. The van der Waals surface area contributed by atoms with E-state index in [4.69, 9.17) is 15.2 Å². The highest BCUT2D eigenvalue weighted by atomic mass is 16.6. The van der Waals surface area contributed by atoms with Crippen LogP contribution in [0.1, 0.15) is 84.2 Å². The molecule has 1 aromatic carbocycles. The van der Waals surface area contributed by atoms with Crippen LogP contribution in [-0.4, -0.2) is 77.2 Å². The van der Waals surface area contributed by atoms with Gasteiger partial charge in [0.15, 0.2) is 5.60 Å². The molecule has 9 heteroatoms. The minimum atomic E-state index is -1.02. The van der Waals surface area contributed by atoms with Gasteiger partial charge in [-0.25, -0.2) is 4.79 Å². The first-order chi connectivity index (χ1) is 17.2. The Morgan fingerprint density at radius 2 is 1.95 bits per heavy atom. The molecule has 0 unspecified atom stereocenters. The molecule has 1 aromatic rings. The van der Waals surface area contributed by atoms with Crippen molar-refractivity contribution in [3.8, 4) is 5.75 Å². The van der Waals surface area contributed by atoms with E-state index in [-0.39, 0.29) is 30.0 Å². The minimum Gasteiger partial charge on any atom is -0.476 e. The van der Waals surface area contributed by atoms with Crippen LogP contribution in [-0.2, 0) is 16.0 Å². The number of aryl methyl sites for hydroxylation is 1. The molecule has 0 spiro atoms. The fraction of sp³-hybridized carbons (Fsp3) is 0.679. The molecule has 1 fully saturated rings. The van der Waals surface area contributed by atoms with Crippen LogP contribution in [0, 0.1) is 0 Å². The minimum absolute atomic E-state index is 0.0891. The molecule has 0 aromatic heterocycles. The van der Waals surface area contributed by atoms with Gasteiger partial charge in [-0.1, -0.05) is 6.92 Å². The maximum atomic E-state index is 14.2. The number of piperidine rings is 1. The summed E-state index contributed by atoms with van der Waals surface area (Å²) in [6.45, 7) is 16.7. The van der Waals surface area contributed by atoms with Crippen LogP contribution in [0.4, 0.5) is 10.5 Å². The lowest BCUT2D eigenvalue weighted by atomic mass is 9.96. The highest BCUT2D eigenvalue weighted by molar-refractivity contribution is 6.05. The van der Waals surface area contributed by atoms with Gasteiger partial charge in [0.25, 0.3) is 11.8 Å². The van der Waals surface area contributed by atoms with E-state index in [1.807, 2.05) is 52.5 Å². The van der Waals surface area contributed by atoms with Crippen molar-refractivity contribution in [2.45, 2.75) is 97.9 Å². The Balaban J connectivity index is 1.97. The molecule has 1 atom stereocenters. The van der Waals surface area contributed by atoms with Gasteiger partial charge >= 0.3 is 6.09 Å². The molecule has 0 radical (unpaired) electrons. The van der Waals surface area contributed by atoms with E-state index >= 15 is 0 Å². The van der Waals surface area contributed by atoms with Crippen molar-refractivity contribution in [2.75, 3.05) is 31.1 Å². The van der Waals surface area contributed by atoms with Crippen LogP contribution >= 0.6 is 0 Å². The van der Waals surface area contributed by atoms with Crippen LogP contribution in [0.2, 0.25) is 0 Å². The molecule has 3 amide bonds. The number of fused-ring (bicyclic) bond motifs is 1. The maximum absolute atomic E-state index is 14.2. The molecule has 2 aliphatic heterocycles. The predicted molar refractivity (Wildman–Crippen MR) is 144 cm³/mol. The normalized spacial score (nSPS) is 19.4. The number of likely N-dealkylation sites (tertiary alicyclic amines) is 1. The lowest BCUT2D eigenvalue weighted by molar-refractivity contribution is -0.132. The van der Waals surface area contributed by atoms with E-state index < -0.39 is 11.2 Å². The Morgan fingerprint density at radius 3 is 2.51 bits per heavy atom. The summed E-state index contributed by atoms with van der Waals surface area (Å²) in [4.78, 5) is 45.3.